The van der Waals surface area contributed by atoms with Gasteiger partial charge in [-0.05, 0) is 19.1 Å². The molecular formula is C16H14F2N2O2S2. The average Bonchev–Trinajstić information content (AvgIpc) is 2.94. The zero-order valence-corrected chi connectivity index (χ0v) is 14.4. The Balaban J connectivity index is 1.91. The summed E-state index contributed by atoms with van der Waals surface area (Å²) in [5, 5.41) is 0.561. The van der Waals surface area contributed by atoms with Crippen molar-refractivity contribution in [2.75, 3.05) is 11.4 Å². The second-order valence-electron chi connectivity index (χ2n) is 5.29. The SMILES string of the molecule is Cc1nc(N2C=CC=CC2)sc1S(=O)(=O)Cc1ccc(F)cc1F. The first kappa shape index (κ1) is 16.8. The van der Waals surface area contributed by atoms with Crippen LogP contribution in [0.1, 0.15) is 11.3 Å². The summed E-state index contributed by atoms with van der Waals surface area (Å²) in [6.07, 6.45) is 7.47. The molecule has 4 nitrogen and oxygen atoms in total. The Bertz CT molecular complexity index is 934. The molecule has 1 aromatic heterocycles. The van der Waals surface area contributed by atoms with Crippen molar-refractivity contribution in [3.05, 3.63) is 65.5 Å². The predicted molar refractivity (Wildman–Crippen MR) is 89.7 cm³/mol. The molecule has 1 aliphatic heterocycles. The fourth-order valence-corrected chi connectivity index (χ4v) is 5.27. The Hall–Kier alpha value is -2.06. The molecule has 0 saturated heterocycles. The van der Waals surface area contributed by atoms with Crippen LogP contribution in [0.4, 0.5) is 13.9 Å². The molecule has 0 bridgehead atoms. The van der Waals surface area contributed by atoms with Gasteiger partial charge >= 0.3 is 0 Å². The lowest BCUT2D eigenvalue weighted by atomic mass is 10.2. The summed E-state index contributed by atoms with van der Waals surface area (Å²) in [4.78, 5) is 6.13. The van der Waals surface area contributed by atoms with E-state index in [9.17, 15) is 17.2 Å². The third-order valence-electron chi connectivity index (χ3n) is 3.45. The minimum absolute atomic E-state index is 0.0634. The van der Waals surface area contributed by atoms with Gasteiger partial charge in [0.25, 0.3) is 0 Å². The van der Waals surface area contributed by atoms with Gasteiger partial charge in [0.15, 0.2) is 15.0 Å². The molecule has 0 saturated carbocycles. The van der Waals surface area contributed by atoms with E-state index in [1.807, 2.05) is 29.3 Å². The van der Waals surface area contributed by atoms with Crippen molar-refractivity contribution in [3.63, 3.8) is 0 Å². The highest BCUT2D eigenvalue weighted by Crippen LogP contribution is 2.32. The molecular weight excluding hydrogens is 354 g/mol. The number of aryl methyl sites for hydroxylation is 1. The van der Waals surface area contributed by atoms with E-state index in [0.29, 0.717) is 23.4 Å². The van der Waals surface area contributed by atoms with E-state index in [-0.39, 0.29) is 9.77 Å². The third-order valence-corrected chi connectivity index (χ3v) is 7.00. The molecule has 24 heavy (non-hydrogen) atoms. The van der Waals surface area contributed by atoms with Crippen molar-refractivity contribution in [2.24, 2.45) is 0 Å². The van der Waals surface area contributed by atoms with Crippen LogP contribution in [-0.4, -0.2) is 19.9 Å². The van der Waals surface area contributed by atoms with E-state index < -0.39 is 27.2 Å². The summed E-state index contributed by atoms with van der Waals surface area (Å²) in [5.41, 5.74) is 0.312. The Morgan fingerprint density at radius 2 is 2.08 bits per heavy atom. The number of sulfone groups is 1. The standard InChI is InChI=1S/C16H14F2N2O2S2/c1-11-15(23-16(19-11)20-7-3-2-4-8-20)24(21,22)10-12-5-6-13(17)9-14(12)18/h2-7,9H,8,10H2,1H3. The molecule has 1 aromatic carbocycles. The number of anilines is 1. The van der Waals surface area contributed by atoms with Crippen LogP contribution >= 0.6 is 11.3 Å². The van der Waals surface area contributed by atoms with Gasteiger partial charge in [-0.25, -0.2) is 22.2 Å². The highest BCUT2D eigenvalue weighted by atomic mass is 32.2. The molecule has 0 amide bonds. The first-order chi connectivity index (χ1) is 11.4. The molecule has 1 aliphatic rings. The van der Waals surface area contributed by atoms with Gasteiger partial charge in [0, 0.05) is 24.4 Å². The van der Waals surface area contributed by atoms with Gasteiger partial charge in [-0.1, -0.05) is 29.6 Å². The number of rotatable bonds is 4. The normalized spacial score (nSPS) is 14.4. The van der Waals surface area contributed by atoms with Crippen molar-refractivity contribution >= 4 is 26.3 Å². The largest absolute Gasteiger partial charge is 0.321 e. The number of thiazole rings is 1. The minimum atomic E-state index is -3.77. The summed E-state index contributed by atoms with van der Waals surface area (Å²) in [6.45, 7) is 2.22. The topological polar surface area (TPSA) is 50.3 Å². The molecule has 0 unspecified atom stereocenters. The molecule has 8 heteroatoms. The fraction of sp³-hybridized carbons (Fsp3) is 0.188. The maximum Gasteiger partial charge on any atom is 0.193 e. The second kappa shape index (κ2) is 6.45. The maximum absolute atomic E-state index is 13.8. The predicted octanol–water partition coefficient (Wildman–Crippen LogP) is 3.59. The van der Waals surface area contributed by atoms with Crippen LogP contribution in [0.2, 0.25) is 0 Å². The van der Waals surface area contributed by atoms with Crippen LogP contribution < -0.4 is 4.90 Å². The van der Waals surface area contributed by atoms with E-state index >= 15 is 0 Å². The summed E-state index contributed by atoms with van der Waals surface area (Å²) < 4.78 is 52.0. The van der Waals surface area contributed by atoms with Crippen molar-refractivity contribution in [1.29, 1.82) is 0 Å². The van der Waals surface area contributed by atoms with E-state index in [1.54, 1.807) is 6.92 Å². The summed E-state index contributed by atoms with van der Waals surface area (Å²) in [6, 6.07) is 2.88. The van der Waals surface area contributed by atoms with Crippen LogP contribution in [0.15, 0.2) is 46.8 Å². The molecule has 0 fully saturated rings. The quantitative estimate of drug-likeness (QED) is 0.828. The van der Waals surface area contributed by atoms with E-state index in [0.717, 1.165) is 23.5 Å². The number of allylic oxidation sites excluding steroid dienone is 2. The number of benzene rings is 1. The summed E-state index contributed by atoms with van der Waals surface area (Å²) in [5.74, 6) is -2.14. The zero-order chi connectivity index (χ0) is 17.3. The van der Waals surface area contributed by atoms with Gasteiger partial charge in [0.05, 0.1) is 11.4 Å². The molecule has 0 spiro atoms. The molecule has 0 aliphatic carbocycles. The lowest BCUT2D eigenvalue weighted by Crippen LogP contribution is -2.16. The van der Waals surface area contributed by atoms with E-state index in [1.165, 1.54) is 0 Å². The number of aromatic nitrogens is 1. The van der Waals surface area contributed by atoms with Gasteiger partial charge in [0.2, 0.25) is 0 Å². The van der Waals surface area contributed by atoms with Gasteiger partial charge < -0.3 is 4.90 Å². The van der Waals surface area contributed by atoms with Crippen molar-refractivity contribution < 1.29 is 17.2 Å². The number of halogens is 2. The highest BCUT2D eigenvalue weighted by Gasteiger charge is 2.25. The monoisotopic (exact) mass is 368 g/mol. The van der Waals surface area contributed by atoms with Gasteiger partial charge in [-0.3, -0.25) is 0 Å². The fourth-order valence-electron chi connectivity index (χ4n) is 2.30. The Labute approximate surface area is 142 Å². The van der Waals surface area contributed by atoms with Crippen molar-refractivity contribution in [3.8, 4) is 0 Å². The first-order valence-electron chi connectivity index (χ1n) is 7.11. The van der Waals surface area contributed by atoms with Crippen LogP contribution in [-0.2, 0) is 15.6 Å². The number of hydrogen-bond acceptors (Lipinski definition) is 5. The van der Waals surface area contributed by atoms with Crippen LogP contribution in [0, 0.1) is 18.6 Å². The van der Waals surface area contributed by atoms with Gasteiger partial charge in [-0.2, -0.15) is 0 Å². The third kappa shape index (κ3) is 3.39. The van der Waals surface area contributed by atoms with E-state index in [2.05, 4.69) is 4.98 Å². The Kier molecular flexibility index (Phi) is 4.51. The molecule has 0 radical (unpaired) electrons. The summed E-state index contributed by atoms with van der Waals surface area (Å²) >= 11 is 1.05. The van der Waals surface area contributed by atoms with E-state index in [4.69, 9.17) is 0 Å². The van der Waals surface area contributed by atoms with Crippen molar-refractivity contribution in [1.82, 2.24) is 4.98 Å². The number of nitrogens with zero attached hydrogens (tertiary/aromatic N) is 2. The average molecular weight is 368 g/mol. The smallest absolute Gasteiger partial charge is 0.193 e. The Morgan fingerprint density at radius 3 is 2.75 bits per heavy atom. The lowest BCUT2D eigenvalue weighted by molar-refractivity contribution is 0.569. The van der Waals surface area contributed by atoms with Gasteiger partial charge in [-0.15, -0.1) is 0 Å². The van der Waals surface area contributed by atoms with Gasteiger partial charge in [0.1, 0.15) is 15.8 Å². The summed E-state index contributed by atoms with van der Waals surface area (Å²) in [7, 11) is -3.77. The zero-order valence-electron chi connectivity index (χ0n) is 12.7. The molecule has 2 aromatic rings. The Morgan fingerprint density at radius 1 is 1.29 bits per heavy atom. The molecule has 3 rings (SSSR count). The molecule has 2 heterocycles. The van der Waals surface area contributed by atoms with Crippen LogP contribution in [0.3, 0.4) is 0 Å². The van der Waals surface area contributed by atoms with Crippen LogP contribution in [0.5, 0.6) is 0 Å². The minimum Gasteiger partial charge on any atom is -0.321 e. The molecule has 0 atom stereocenters. The number of hydrogen-bond donors (Lipinski definition) is 0. The van der Waals surface area contributed by atoms with Crippen molar-refractivity contribution in [2.45, 2.75) is 16.9 Å². The first-order valence-corrected chi connectivity index (χ1v) is 9.58. The van der Waals surface area contributed by atoms with Crippen LogP contribution in [0.25, 0.3) is 0 Å². The second-order valence-corrected chi connectivity index (χ2v) is 8.45. The molecule has 0 N–H and O–H groups in total. The highest BCUT2D eigenvalue weighted by molar-refractivity contribution is 7.92. The molecule has 126 valence electrons. The lowest BCUT2D eigenvalue weighted by Gasteiger charge is -2.16. The maximum atomic E-state index is 13.8.